The normalized spacial score (nSPS) is 24.3. The highest BCUT2D eigenvalue weighted by Crippen LogP contribution is 2.26. The van der Waals surface area contributed by atoms with E-state index in [9.17, 15) is 9.59 Å². The van der Waals surface area contributed by atoms with Crippen LogP contribution in [0.5, 0.6) is 0 Å². The van der Waals surface area contributed by atoms with Crippen molar-refractivity contribution >= 4 is 17.5 Å². The molecule has 7 heteroatoms. The lowest BCUT2D eigenvalue weighted by molar-refractivity contribution is -0.129. The first-order valence-electron chi connectivity index (χ1n) is 10.7. The highest BCUT2D eigenvalue weighted by Gasteiger charge is 2.43. The van der Waals surface area contributed by atoms with Gasteiger partial charge in [-0.2, -0.15) is 0 Å². The van der Waals surface area contributed by atoms with Crippen LogP contribution in [0.1, 0.15) is 38.7 Å². The molecule has 2 aliphatic heterocycles. The van der Waals surface area contributed by atoms with Gasteiger partial charge < -0.3 is 20.9 Å². The Hall–Kier alpha value is -2.12. The van der Waals surface area contributed by atoms with E-state index in [4.69, 9.17) is 0 Å². The van der Waals surface area contributed by atoms with Crippen LogP contribution < -0.4 is 20.9 Å². The second-order valence-electron chi connectivity index (χ2n) is 8.75. The number of hydrogen-bond donors (Lipinski definition) is 3. The number of fused-ring (bicyclic) bond motifs is 1. The van der Waals surface area contributed by atoms with Gasteiger partial charge in [0.25, 0.3) is 0 Å². The number of anilines is 1. The lowest BCUT2D eigenvalue weighted by Gasteiger charge is -2.37. The van der Waals surface area contributed by atoms with Gasteiger partial charge in [0.2, 0.25) is 11.8 Å². The molecule has 2 heterocycles. The monoisotopic (exact) mass is 401 g/mol. The molecule has 2 amide bonds. The molecule has 0 spiro atoms. The zero-order chi connectivity index (χ0) is 21.0. The molecular formula is C22H35N5O2. The van der Waals surface area contributed by atoms with Crippen molar-refractivity contribution in [2.45, 2.75) is 63.8 Å². The van der Waals surface area contributed by atoms with Crippen molar-refractivity contribution in [3.05, 3.63) is 29.8 Å². The lowest BCUT2D eigenvalue weighted by Crippen LogP contribution is -2.58. The summed E-state index contributed by atoms with van der Waals surface area (Å²) in [4.78, 5) is 28.8. The molecule has 7 nitrogen and oxygen atoms in total. The Balaban J connectivity index is 1.52. The van der Waals surface area contributed by atoms with Crippen molar-refractivity contribution < 1.29 is 9.59 Å². The van der Waals surface area contributed by atoms with Gasteiger partial charge in [0.15, 0.2) is 0 Å². The summed E-state index contributed by atoms with van der Waals surface area (Å²) in [5, 5.41) is 9.60. The van der Waals surface area contributed by atoms with Crippen molar-refractivity contribution in [2.24, 2.45) is 0 Å². The SMILES string of the molecule is CC(C)NC(=O)CC[C@@H]1CNC(=O)[C@@H]2C[C@H](NCc3ccc(N(C)C)cc3)CN12. The minimum atomic E-state index is -0.0875. The van der Waals surface area contributed by atoms with Gasteiger partial charge in [0, 0.05) is 64.0 Å². The average Bonchev–Trinajstić information content (AvgIpc) is 3.11. The molecular weight excluding hydrogens is 366 g/mol. The molecule has 0 unspecified atom stereocenters. The van der Waals surface area contributed by atoms with E-state index in [1.807, 2.05) is 27.9 Å². The molecule has 0 saturated carbocycles. The van der Waals surface area contributed by atoms with Crippen LogP contribution in [-0.2, 0) is 16.1 Å². The average molecular weight is 402 g/mol. The number of amides is 2. The molecule has 0 bridgehead atoms. The molecule has 160 valence electrons. The standard InChI is InChI=1S/C22H35N5O2/c1-15(2)25-21(28)10-9-19-13-24-22(29)20-11-17(14-27(19)20)23-12-16-5-7-18(8-6-16)26(3)4/h5-8,15,17,19-20,23H,9-14H2,1-4H3,(H,24,29)(H,25,28)/t17-,19+,20-/m0/s1. The van der Waals surface area contributed by atoms with Crippen molar-refractivity contribution in [1.82, 2.24) is 20.9 Å². The molecule has 2 fully saturated rings. The summed E-state index contributed by atoms with van der Waals surface area (Å²) in [5.74, 6) is 0.205. The largest absolute Gasteiger partial charge is 0.378 e. The van der Waals surface area contributed by atoms with Gasteiger partial charge >= 0.3 is 0 Å². The van der Waals surface area contributed by atoms with Gasteiger partial charge in [-0.25, -0.2) is 0 Å². The van der Waals surface area contributed by atoms with Crippen LogP contribution in [0.15, 0.2) is 24.3 Å². The van der Waals surface area contributed by atoms with Crippen molar-refractivity contribution in [1.29, 1.82) is 0 Å². The molecule has 2 aliphatic rings. The van der Waals surface area contributed by atoms with E-state index in [1.165, 1.54) is 11.3 Å². The van der Waals surface area contributed by atoms with Gasteiger partial charge in [-0.1, -0.05) is 12.1 Å². The Kier molecular flexibility index (Phi) is 7.14. The quantitative estimate of drug-likeness (QED) is 0.608. The van der Waals surface area contributed by atoms with E-state index < -0.39 is 0 Å². The van der Waals surface area contributed by atoms with Crippen LogP contribution in [0.25, 0.3) is 0 Å². The molecule has 1 aromatic carbocycles. The minimum absolute atomic E-state index is 0.0866. The molecule has 29 heavy (non-hydrogen) atoms. The third-order valence-electron chi connectivity index (χ3n) is 5.82. The smallest absolute Gasteiger partial charge is 0.237 e. The summed E-state index contributed by atoms with van der Waals surface area (Å²) >= 11 is 0. The van der Waals surface area contributed by atoms with E-state index in [1.54, 1.807) is 0 Å². The predicted molar refractivity (Wildman–Crippen MR) is 116 cm³/mol. The van der Waals surface area contributed by atoms with Gasteiger partial charge in [-0.15, -0.1) is 0 Å². The van der Waals surface area contributed by atoms with E-state index >= 15 is 0 Å². The van der Waals surface area contributed by atoms with Crippen LogP contribution in [0.2, 0.25) is 0 Å². The first kappa shape index (κ1) is 21.6. The van der Waals surface area contributed by atoms with Crippen LogP contribution in [-0.4, -0.2) is 68.1 Å². The number of benzene rings is 1. The van der Waals surface area contributed by atoms with Crippen molar-refractivity contribution in [2.75, 3.05) is 32.1 Å². The number of piperazine rings is 1. The Morgan fingerprint density at radius 1 is 1.28 bits per heavy atom. The summed E-state index contributed by atoms with van der Waals surface area (Å²) in [7, 11) is 4.08. The summed E-state index contributed by atoms with van der Waals surface area (Å²) in [5.41, 5.74) is 2.43. The highest BCUT2D eigenvalue weighted by atomic mass is 16.2. The zero-order valence-electron chi connectivity index (χ0n) is 18.1. The molecule has 0 radical (unpaired) electrons. The summed E-state index contributed by atoms with van der Waals surface area (Å²) in [6.45, 7) is 6.22. The van der Waals surface area contributed by atoms with Gasteiger partial charge in [0.1, 0.15) is 0 Å². The van der Waals surface area contributed by atoms with Crippen molar-refractivity contribution in [3.63, 3.8) is 0 Å². The van der Waals surface area contributed by atoms with Gasteiger partial charge in [-0.3, -0.25) is 14.5 Å². The summed E-state index contributed by atoms with van der Waals surface area (Å²) in [6.07, 6.45) is 2.09. The number of rotatable bonds is 8. The molecule has 3 rings (SSSR count). The summed E-state index contributed by atoms with van der Waals surface area (Å²) in [6, 6.07) is 9.12. The highest BCUT2D eigenvalue weighted by molar-refractivity contribution is 5.83. The Bertz CT molecular complexity index is 704. The molecule has 2 saturated heterocycles. The third-order valence-corrected chi connectivity index (χ3v) is 5.82. The topological polar surface area (TPSA) is 76.7 Å². The van der Waals surface area contributed by atoms with Crippen LogP contribution in [0.3, 0.4) is 0 Å². The van der Waals surface area contributed by atoms with E-state index in [-0.39, 0.29) is 36.0 Å². The molecule has 0 aliphatic carbocycles. The second kappa shape index (κ2) is 9.59. The minimum Gasteiger partial charge on any atom is -0.378 e. The van der Waals surface area contributed by atoms with Crippen LogP contribution in [0.4, 0.5) is 5.69 Å². The molecule has 0 aromatic heterocycles. The number of nitrogens with zero attached hydrogens (tertiary/aromatic N) is 2. The Morgan fingerprint density at radius 3 is 2.66 bits per heavy atom. The Morgan fingerprint density at radius 2 is 2.00 bits per heavy atom. The maximum Gasteiger partial charge on any atom is 0.237 e. The second-order valence-corrected chi connectivity index (χ2v) is 8.75. The molecule has 1 aromatic rings. The number of carbonyl (C=O) groups is 2. The fourth-order valence-corrected chi connectivity index (χ4v) is 4.26. The third kappa shape index (κ3) is 5.70. The van der Waals surface area contributed by atoms with Crippen LogP contribution >= 0.6 is 0 Å². The first-order valence-corrected chi connectivity index (χ1v) is 10.7. The Labute approximate surface area is 174 Å². The number of carbonyl (C=O) groups excluding carboxylic acids is 2. The zero-order valence-corrected chi connectivity index (χ0v) is 18.1. The predicted octanol–water partition coefficient (Wildman–Crippen LogP) is 1.09. The lowest BCUT2D eigenvalue weighted by atomic mass is 10.0. The van der Waals surface area contributed by atoms with Gasteiger partial charge in [0.05, 0.1) is 6.04 Å². The maximum absolute atomic E-state index is 12.4. The number of hydrogen-bond acceptors (Lipinski definition) is 5. The van der Waals surface area contributed by atoms with Crippen LogP contribution in [0, 0.1) is 0 Å². The molecule has 3 atom stereocenters. The maximum atomic E-state index is 12.4. The fraction of sp³-hybridized carbons (Fsp3) is 0.636. The van der Waals surface area contributed by atoms with E-state index in [0.717, 1.165) is 25.9 Å². The summed E-state index contributed by atoms with van der Waals surface area (Å²) < 4.78 is 0. The van der Waals surface area contributed by atoms with E-state index in [2.05, 4.69) is 50.0 Å². The van der Waals surface area contributed by atoms with E-state index in [0.29, 0.717) is 13.0 Å². The van der Waals surface area contributed by atoms with Gasteiger partial charge in [-0.05, 0) is 44.4 Å². The fourth-order valence-electron chi connectivity index (χ4n) is 4.26. The number of nitrogens with one attached hydrogen (secondary N) is 3. The molecule has 3 N–H and O–H groups in total. The van der Waals surface area contributed by atoms with Crippen molar-refractivity contribution in [3.8, 4) is 0 Å². The first-order chi connectivity index (χ1) is 13.8.